The Balaban J connectivity index is 1.84. The second-order valence-corrected chi connectivity index (χ2v) is 6.57. The molecule has 0 aromatic carbocycles. The Kier molecular flexibility index (Phi) is 3.97. The molecule has 4 heterocycles. The molecule has 2 atom stereocenters. The highest BCUT2D eigenvalue weighted by Gasteiger charge is 2.39. The van der Waals surface area contributed by atoms with Gasteiger partial charge >= 0.3 is 0 Å². The molecule has 25 heavy (non-hydrogen) atoms. The molecule has 0 saturated carbocycles. The normalized spacial score (nSPS) is 19.9. The molecule has 1 fully saturated rings. The van der Waals surface area contributed by atoms with Gasteiger partial charge in [-0.2, -0.15) is 0 Å². The summed E-state index contributed by atoms with van der Waals surface area (Å²) in [6.45, 7) is 2.10. The summed E-state index contributed by atoms with van der Waals surface area (Å²) in [6, 6.07) is 14.3. The van der Waals surface area contributed by atoms with Gasteiger partial charge in [-0.1, -0.05) is 6.07 Å². The van der Waals surface area contributed by atoms with Crippen molar-refractivity contribution in [1.29, 1.82) is 0 Å². The molecule has 1 saturated heterocycles. The number of nitrogens with one attached hydrogen (secondary N) is 1. The predicted molar refractivity (Wildman–Crippen MR) is 102 cm³/mol. The van der Waals surface area contributed by atoms with Crippen LogP contribution in [0.4, 0.5) is 0 Å². The van der Waals surface area contributed by atoms with Crippen LogP contribution in [-0.2, 0) is 0 Å². The largest absolute Gasteiger partial charge is 0.352 e. The van der Waals surface area contributed by atoms with Gasteiger partial charge in [0.05, 0.1) is 29.7 Å². The van der Waals surface area contributed by atoms with Gasteiger partial charge in [-0.25, -0.2) is 0 Å². The van der Waals surface area contributed by atoms with Crippen LogP contribution in [-0.4, -0.2) is 31.6 Å². The zero-order valence-corrected chi connectivity index (χ0v) is 14.9. The molecule has 0 unspecified atom stereocenters. The maximum absolute atomic E-state index is 5.53. The third-order valence-corrected chi connectivity index (χ3v) is 5.06. The summed E-state index contributed by atoms with van der Waals surface area (Å²) >= 11 is 5.53. The minimum atomic E-state index is 0.00317. The van der Waals surface area contributed by atoms with E-state index in [2.05, 4.69) is 49.9 Å². The highest BCUT2D eigenvalue weighted by Crippen LogP contribution is 2.38. The molecule has 0 aliphatic carbocycles. The van der Waals surface area contributed by atoms with Crippen molar-refractivity contribution < 1.29 is 0 Å². The molecule has 0 bridgehead atoms. The van der Waals surface area contributed by atoms with E-state index in [9.17, 15) is 0 Å². The number of nitrogens with zero attached hydrogens (tertiary/aromatic N) is 4. The van der Waals surface area contributed by atoms with Gasteiger partial charge in [0.1, 0.15) is 0 Å². The van der Waals surface area contributed by atoms with Crippen LogP contribution in [0.5, 0.6) is 0 Å². The van der Waals surface area contributed by atoms with E-state index in [0.717, 1.165) is 27.9 Å². The standard InChI is InChI=1S/C19H19N5S/c1-13-8-9-16(24(13)14-6-5-10-20-12-14)18-17(22-19(25)23(18)2)15-7-3-4-11-21-15/h3-12,17-18H,1-2H3,(H,22,25)/t17-,18-/m0/s1. The summed E-state index contributed by atoms with van der Waals surface area (Å²) in [5.74, 6) is 0. The van der Waals surface area contributed by atoms with E-state index in [-0.39, 0.29) is 12.1 Å². The first-order chi connectivity index (χ1) is 12.2. The van der Waals surface area contributed by atoms with Crippen molar-refractivity contribution in [2.24, 2.45) is 0 Å². The lowest BCUT2D eigenvalue weighted by atomic mass is 10.0. The van der Waals surface area contributed by atoms with Crippen molar-refractivity contribution >= 4 is 17.3 Å². The molecule has 0 spiro atoms. The van der Waals surface area contributed by atoms with Gasteiger partial charge < -0.3 is 14.8 Å². The molecule has 1 N–H and O–H groups in total. The number of hydrogen-bond donors (Lipinski definition) is 1. The third kappa shape index (κ3) is 2.68. The van der Waals surface area contributed by atoms with Crippen molar-refractivity contribution in [3.8, 4) is 5.69 Å². The van der Waals surface area contributed by atoms with Crippen molar-refractivity contribution in [1.82, 2.24) is 24.8 Å². The Labute approximate surface area is 152 Å². The van der Waals surface area contributed by atoms with Crippen LogP contribution < -0.4 is 5.32 Å². The number of thiocarbonyl (C=S) groups is 1. The Hall–Kier alpha value is -2.73. The highest BCUT2D eigenvalue weighted by molar-refractivity contribution is 7.80. The molecule has 5 nitrogen and oxygen atoms in total. The maximum atomic E-state index is 5.53. The molecule has 126 valence electrons. The number of pyridine rings is 2. The Bertz CT molecular complexity index is 891. The lowest BCUT2D eigenvalue weighted by Gasteiger charge is -2.26. The maximum Gasteiger partial charge on any atom is 0.169 e. The summed E-state index contributed by atoms with van der Waals surface area (Å²) < 4.78 is 2.24. The molecule has 1 aliphatic heterocycles. The second kappa shape index (κ2) is 6.29. The van der Waals surface area contributed by atoms with Crippen LogP contribution in [0.2, 0.25) is 0 Å². The zero-order chi connectivity index (χ0) is 17.4. The van der Waals surface area contributed by atoms with Gasteiger partial charge in [0.2, 0.25) is 0 Å². The van der Waals surface area contributed by atoms with Crippen LogP contribution in [0.15, 0.2) is 61.1 Å². The molecule has 1 aliphatic rings. The van der Waals surface area contributed by atoms with Gasteiger partial charge in [-0.05, 0) is 55.5 Å². The molecular weight excluding hydrogens is 330 g/mol. The molecule has 4 rings (SSSR count). The van der Waals surface area contributed by atoms with E-state index in [0.29, 0.717) is 0 Å². The van der Waals surface area contributed by atoms with E-state index < -0.39 is 0 Å². The second-order valence-electron chi connectivity index (χ2n) is 6.18. The smallest absolute Gasteiger partial charge is 0.169 e. The van der Waals surface area contributed by atoms with Crippen molar-refractivity contribution in [3.05, 3.63) is 78.1 Å². The van der Waals surface area contributed by atoms with Crippen molar-refractivity contribution in [2.45, 2.75) is 19.0 Å². The summed E-state index contributed by atoms with van der Waals surface area (Å²) in [5, 5.41) is 4.16. The quantitative estimate of drug-likeness (QED) is 0.736. The SMILES string of the molecule is Cc1ccc([C@H]2[C@H](c3ccccn3)NC(=S)N2C)n1-c1cccnc1. The van der Waals surface area contributed by atoms with Crippen molar-refractivity contribution in [2.75, 3.05) is 7.05 Å². The fourth-order valence-corrected chi connectivity index (χ4v) is 3.70. The van der Waals surface area contributed by atoms with Crippen LogP contribution in [0.25, 0.3) is 5.69 Å². The monoisotopic (exact) mass is 349 g/mol. The lowest BCUT2D eigenvalue weighted by molar-refractivity contribution is 0.356. The average molecular weight is 349 g/mol. The van der Waals surface area contributed by atoms with Gasteiger partial charge in [-0.15, -0.1) is 0 Å². The Morgan fingerprint density at radius 3 is 2.68 bits per heavy atom. The molecular formula is C19H19N5S. The topological polar surface area (TPSA) is 46.0 Å². The Morgan fingerprint density at radius 2 is 1.96 bits per heavy atom. The molecule has 3 aromatic heterocycles. The van der Waals surface area contributed by atoms with Gasteiger partial charge in [0.15, 0.2) is 5.11 Å². The molecule has 0 radical (unpaired) electrons. The number of aromatic nitrogens is 3. The number of rotatable bonds is 3. The van der Waals surface area contributed by atoms with Crippen LogP contribution in [0, 0.1) is 6.92 Å². The Morgan fingerprint density at radius 1 is 1.08 bits per heavy atom. The van der Waals surface area contributed by atoms with E-state index in [1.54, 1.807) is 6.20 Å². The summed E-state index contributed by atoms with van der Waals surface area (Å²) in [4.78, 5) is 10.9. The number of aryl methyl sites for hydroxylation is 1. The van der Waals surface area contributed by atoms with E-state index in [4.69, 9.17) is 12.2 Å². The number of hydrogen-bond acceptors (Lipinski definition) is 3. The van der Waals surface area contributed by atoms with Gasteiger partial charge in [0, 0.05) is 30.8 Å². The van der Waals surface area contributed by atoms with E-state index >= 15 is 0 Å². The summed E-state index contributed by atoms with van der Waals surface area (Å²) in [7, 11) is 2.03. The molecule has 0 amide bonds. The predicted octanol–water partition coefficient (Wildman–Crippen LogP) is 3.18. The minimum Gasteiger partial charge on any atom is -0.352 e. The van der Waals surface area contributed by atoms with Gasteiger partial charge in [-0.3, -0.25) is 9.97 Å². The number of likely N-dealkylation sites (N-methyl/N-ethyl adjacent to an activating group) is 1. The van der Waals surface area contributed by atoms with Gasteiger partial charge in [0.25, 0.3) is 0 Å². The first kappa shape index (κ1) is 15.8. The minimum absolute atomic E-state index is 0.00317. The summed E-state index contributed by atoms with van der Waals surface area (Å²) in [6.07, 6.45) is 5.49. The van der Waals surface area contributed by atoms with Crippen LogP contribution in [0.3, 0.4) is 0 Å². The van der Waals surface area contributed by atoms with E-state index in [1.807, 2.05) is 43.7 Å². The third-order valence-electron chi connectivity index (χ3n) is 4.65. The lowest BCUT2D eigenvalue weighted by Crippen LogP contribution is -2.26. The first-order valence-corrected chi connectivity index (χ1v) is 8.60. The van der Waals surface area contributed by atoms with Crippen LogP contribution >= 0.6 is 12.2 Å². The fraction of sp³-hybridized carbons (Fsp3) is 0.211. The highest BCUT2D eigenvalue weighted by atomic mass is 32.1. The van der Waals surface area contributed by atoms with Crippen molar-refractivity contribution in [3.63, 3.8) is 0 Å². The first-order valence-electron chi connectivity index (χ1n) is 8.19. The zero-order valence-electron chi connectivity index (χ0n) is 14.1. The summed E-state index contributed by atoms with van der Waals surface area (Å²) in [5.41, 5.74) is 4.35. The van der Waals surface area contributed by atoms with E-state index in [1.165, 1.54) is 0 Å². The fourth-order valence-electron chi connectivity index (χ4n) is 3.46. The van der Waals surface area contributed by atoms with Crippen LogP contribution in [0.1, 0.15) is 29.2 Å². The molecule has 3 aromatic rings. The molecule has 6 heteroatoms. The average Bonchev–Trinajstić information content (AvgIpc) is 3.16.